The molecule has 0 aliphatic heterocycles. The Labute approximate surface area is 146 Å². The van der Waals surface area contributed by atoms with Gasteiger partial charge in [0, 0.05) is 24.3 Å². The fourth-order valence-electron chi connectivity index (χ4n) is 4.69. The van der Waals surface area contributed by atoms with Gasteiger partial charge in [0.15, 0.2) is 0 Å². The normalized spacial score (nSPS) is 29.1. The van der Waals surface area contributed by atoms with E-state index in [1.165, 1.54) is 57.8 Å². The van der Waals surface area contributed by atoms with E-state index in [1.54, 1.807) is 0 Å². The molecule has 2 aliphatic carbocycles. The molecule has 3 unspecified atom stereocenters. The molecule has 0 bridgehead atoms. The van der Waals surface area contributed by atoms with Gasteiger partial charge in [-0.3, -0.25) is 0 Å². The van der Waals surface area contributed by atoms with Gasteiger partial charge in [0.2, 0.25) is 0 Å². The van der Waals surface area contributed by atoms with Gasteiger partial charge in [0.1, 0.15) is 0 Å². The largest absolute Gasteiger partial charge is 0.394 e. The van der Waals surface area contributed by atoms with Crippen molar-refractivity contribution in [3.63, 3.8) is 0 Å². The number of hydrogen-bond acceptors (Lipinski definition) is 2. The molecule has 136 valence electrons. The zero-order valence-corrected chi connectivity index (χ0v) is 17.1. The van der Waals surface area contributed by atoms with E-state index in [0.717, 1.165) is 42.6 Å². The molecule has 0 aromatic heterocycles. The first-order valence-electron chi connectivity index (χ1n) is 10.4. The number of rotatable bonds is 9. The Morgan fingerprint density at radius 1 is 0.913 bits per heavy atom. The van der Waals surface area contributed by atoms with Crippen molar-refractivity contribution in [2.75, 3.05) is 13.2 Å². The maximum absolute atomic E-state index is 6.83. The van der Waals surface area contributed by atoms with Crippen LogP contribution in [0.25, 0.3) is 0 Å². The average Bonchev–Trinajstić information content (AvgIpc) is 3.05. The molecule has 0 spiro atoms. The van der Waals surface area contributed by atoms with E-state index < -0.39 is 8.56 Å². The summed E-state index contributed by atoms with van der Waals surface area (Å²) in [6.07, 6.45) is 13.3. The van der Waals surface area contributed by atoms with Crippen LogP contribution >= 0.6 is 0 Å². The Kier molecular flexibility index (Phi) is 8.10. The van der Waals surface area contributed by atoms with Crippen molar-refractivity contribution in [3.05, 3.63) is 0 Å². The molecule has 23 heavy (non-hydrogen) atoms. The van der Waals surface area contributed by atoms with Crippen LogP contribution in [0.3, 0.4) is 0 Å². The van der Waals surface area contributed by atoms with Crippen LogP contribution in [-0.2, 0) is 8.85 Å². The summed E-state index contributed by atoms with van der Waals surface area (Å²) in [5.74, 6) is 1.59. The second kappa shape index (κ2) is 9.58. The average molecular weight is 341 g/mol. The Balaban J connectivity index is 2.16. The predicted octanol–water partition coefficient (Wildman–Crippen LogP) is 6.44. The fraction of sp³-hybridized carbons (Fsp3) is 1.00. The van der Waals surface area contributed by atoms with Crippen LogP contribution in [0.1, 0.15) is 91.9 Å². The third-order valence-corrected chi connectivity index (χ3v) is 10.7. The van der Waals surface area contributed by atoms with Crippen molar-refractivity contribution in [2.24, 2.45) is 11.8 Å². The lowest BCUT2D eigenvalue weighted by molar-refractivity contribution is 0.130. The van der Waals surface area contributed by atoms with Gasteiger partial charge in [-0.2, -0.15) is 0 Å². The van der Waals surface area contributed by atoms with Crippen molar-refractivity contribution < 1.29 is 8.85 Å². The molecule has 0 heterocycles. The highest BCUT2D eigenvalue weighted by atomic mass is 28.4. The van der Waals surface area contributed by atoms with Crippen LogP contribution in [-0.4, -0.2) is 21.8 Å². The van der Waals surface area contributed by atoms with Gasteiger partial charge in [-0.1, -0.05) is 53.4 Å². The number of hydrogen-bond donors (Lipinski definition) is 0. The van der Waals surface area contributed by atoms with Crippen molar-refractivity contribution in [1.82, 2.24) is 0 Å². The zero-order valence-electron chi connectivity index (χ0n) is 16.1. The van der Waals surface area contributed by atoms with Gasteiger partial charge in [-0.15, -0.1) is 0 Å². The van der Waals surface area contributed by atoms with Gasteiger partial charge in [0.25, 0.3) is 0 Å². The summed E-state index contributed by atoms with van der Waals surface area (Å²) in [5.41, 5.74) is 1.50. The smallest absolute Gasteiger partial charge is 0.344 e. The van der Waals surface area contributed by atoms with E-state index in [9.17, 15) is 0 Å². The molecular weight excluding hydrogens is 300 g/mol. The Hall–Kier alpha value is 0.137. The SMILES string of the molecule is CCCO[Si](OCCC(C)C)(C1CCCC1)C1CCCC(C)C1. The molecule has 0 aromatic rings. The third-order valence-electron chi connectivity index (χ3n) is 5.98. The minimum atomic E-state index is -2.09. The molecule has 3 heteroatoms. The van der Waals surface area contributed by atoms with E-state index in [-0.39, 0.29) is 0 Å². The maximum atomic E-state index is 6.83. The minimum absolute atomic E-state index is 0.724. The Morgan fingerprint density at radius 3 is 2.17 bits per heavy atom. The molecule has 2 nitrogen and oxygen atoms in total. The van der Waals surface area contributed by atoms with Crippen molar-refractivity contribution >= 4 is 8.56 Å². The fourth-order valence-corrected chi connectivity index (χ4v) is 9.89. The summed E-state index contributed by atoms with van der Waals surface area (Å²) in [6, 6.07) is 0. The molecule has 2 saturated carbocycles. The van der Waals surface area contributed by atoms with Crippen LogP contribution in [0.4, 0.5) is 0 Å². The summed E-state index contributed by atoms with van der Waals surface area (Å²) in [7, 11) is -2.09. The second-order valence-electron chi connectivity index (χ2n) is 8.55. The zero-order chi connectivity index (χ0) is 16.7. The van der Waals surface area contributed by atoms with Gasteiger partial charge >= 0.3 is 8.56 Å². The lowest BCUT2D eigenvalue weighted by Gasteiger charge is -2.44. The molecule has 2 aliphatic rings. The standard InChI is InChI=1S/C20H40O2Si/c1-5-14-21-23(19-10-6-7-11-19,22-15-13-17(2)3)20-12-8-9-18(4)16-20/h17-20H,5-16H2,1-4H3. The van der Waals surface area contributed by atoms with Crippen LogP contribution < -0.4 is 0 Å². The lowest BCUT2D eigenvalue weighted by atomic mass is 9.90. The van der Waals surface area contributed by atoms with Crippen LogP contribution in [0.5, 0.6) is 0 Å². The summed E-state index contributed by atoms with van der Waals surface area (Å²) in [4.78, 5) is 0. The topological polar surface area (TPSA) is 18.5 Å². The first-order chi connectivity index (χ1) is 11.1. The summed E-state index contributed by atoms with van der Waals surface area (Å²) < 4.78 is 13.6. The molecule has 0 radical (unpaired) electrons. The Bertz CT molecular complexity index is 328. The van der Waals surface area contributed by atoms with E-state index >= 15 is 0 Å². The maximum Gasteiger partial charge on any atom is 0.344 e. The van der Waals surface area contributed by atoms with Gasteiger partial charge < -0.3 is 8.85 Å². The predicted molar refractivity (Wildman–Crippen MR) is 101 cm³/mol. The molecular formula is C20H40O2Si. The first kappa shape index (κ1) is 19.5. The molecule has 0 aromatic carbocycles. The highest BCUT2D eigenvalue weighted by Gasteiger charge is 2.53. The van der Waals surface area contributed by atoms with Crippen molar-refractivity contribution in [2.45, 2.75) is 103 Å². The molecule has 2 fully saturated rings. The minimum Gasteiger partial charge on any atom is -0.394 e. The molecule has 0 N–H and O–H groups in total. The third kappa shape index (κ3) is 5.30. The summed E-state index contributed by atoms with van der Waals surface area (Å²) in [6.45, 7) is 11.1. The first-order valence-corrected chi connectivity index (χ1v) is 12.3. The second-order valence-corrected chi connectivity index (χ2v) is 12.2. The molecule has 0 amide bonds. The monoisotopic (exact) mass is 340 g/mol. The molecule has 0 saturated heterocycles. The van der Waals surface area contributed by atoms with E-state index in [2.05, 4.69) is 27.7 Å². The molecule has 2 rings (SSSR count). The highest BCUT2D eigenvalue weighted by molar-refractivity contribution is 6.70. The summed E-state index contributed by atoms with van der Waals surface area (Å²) in [5, 5.41) is 0. The Morgan fingerprint density at radius 2 is 1.57 bits per heavy atom. The van der Waals surface area contributed by atoms with Gasteiger partial charge in [-0.25, -0.2) is 0 Å². The van der Waals surface area contributed by atoms with E-state index in [0.29, 0.717) is 0 Å². The van der Waals surface area contributed by atoms with Gasteiger partial charge in [0.05, 0.1) is 0 Å². The quantitative estimate of drug-likeness (QED) is 0.449. The van der Waals surface area contributed by atoms with Crippen LogP contribution in [0.15, 0.2) is 0 Å². The van der Waals surface area contributed by atoms with Crippen LogP contribution in [0, 0.1) is 11.8 Å². The highest BCUT2D eigenvalue weighted by Crippen LogP contribution is 2.51. The lowest BCUT2D eigenvalue weighted by Crippen LogP contribution is -2.52. The van der Waals surface area contributed by atoms with Gasteiger partial charge in [-0.05, 0) is 50.4 Å². The van der Waals surface area contributed by atoms with E-state index in [1.807, 2.05) is 0 Å². The van der Waals surface area contributed by atoms with E-state index in [4.69, 9.17) is 8.85 Å². The van der Waals surface area contributed by atoms with Crippen LogP contribution in [0.2, 0.25) is 11.1 Å². The molecule has 3 atom stereocenters. The van der Waals surface area contributed by atoms with Crippen molar-refractivity contribution in [3.8, 4) is 0 Å². The van der Waals surface area contributed by atoms with Crippen molar-refractivity contribution in [1.29, 1.82) is 0 Å². The summed E-state index contributed by atoms with van der Waals surface area (Å²) >= 11 is 0.